The number of hydrogen-bond donors (Lipinski definition) is 2. The third-order valence-electron chi connectivity index (χ3n) is 2.90. The predicted molar refractivity (Wildman–Crippen MR) is 57.3 cm³/mol. The highest BCUT2D eigenvalue weighted by Gasteiger charge is 2.57. The van der Waals surface area contributed by atoms with Crippen LogP contribution in [0.2, 0.25) is 0 Å². The molecule has 2 saturated heterocycles. The normalized spacial score (nSPS) is 39.4. The largest absolute Gasteiger partial charge is 0.457 e. The van der Waals surface area contributed by atoms with Crippen LogP contribution in [0, 0.1) is 0 Å². The van der Waals surface area contributed by atoms with Crippen LogP contribution in [-0.2, 0) is 23.7 Å². The Morgan fingerprint density at radius 2 is 2.11 bits per heavy atom. The van der Waals surface area contributed by atoms with Crippen LogP contribution >= 0.6 is 0 Å². The Hall–Kier alpha value is -0.730. The van der Waals surface area contributed by atoms with E-state index < -0.39 is 49.1 Å². The third kappa shape index (κ3) is 2.50. The van der Waals surface area contributed by atoms with Gasteiger partial charge in [-0.15, -0.1) is 0 Å². The van der Waals surface area contributed by atoms with E-state index in [1.165, 1.54) is 6.92 Å². The molecule has 104 valence electrons. The fourth-order valence-electron chi connectivity index (χ4n) is 2.24. The first-order valence-electron chi connectivity index (χ1n) is 5.81. The molecular formula is C11H18O7. The molecule has 2 rings (SSSR count). The number of carbonyl (C=O) groups excluding carboxylic acids is 1. The van der Waals surface area contributed by atoms with Gasteiger partial charge in [-0.1, -0.05) is 0 Å². The van der Waals surface area contributed by atoms with Crippen LogP contribution in [0.4, 0.5) is 0 Å². The number of aliphatic hydroxyl groups excluding tert-OH is 2. The van der Waals surface area contributed by atoms with Gasteiger partial charge >= 0.3 is 5.97 Å². The fourth-order valence-corrected chi connectivity index (χ4v) is 2.24. The lowest BCUT2D eigenvalue weighted by molar-refractivity contribution is -0.230. The maximum atomic E-state index is 11.1. The summed E-state index contributed by atoms with van der Waals surface area (Å²) in [5, 5.41) is 18.6. The number of hydrogen-bond acceptors (Lipinski definition) is 7. The number of rotatable bonds is 3. The van der Waals surface area contributed by atoms with Crippen LogP contribution < -0.4 is 0 Å². The summed E-state index contributed by atoms with van der Waals surface area (Å²) in [5.74, 6) is -1.34. The Bertz CT molecular complexity index is 329. The minimum absolute atomic E-state index is 0.495. The molecule has 0 aromatic heterocycles. The molecule has 0 amide bonds. The summed E-state index contributed by atoms with van der Waals surface area (Å²) in [6, 6.07) is 0. The summed E-state index contributed by atoms with van der Waals surface area (Å²) in [7, 11) is 0. The molecule has 2 heterocycles. The van der Waals surface area contributed by atoms with Gasteiger partial charge in [-0.25, -0.2) is 0 Å². The number of ether oxygens (including phenoxy) is 4. The smallest absolute Gasteiger partial charge is 0.303 e. The van der Waals surface area contributed by atoms with Gasteiger partial charge in [-0.05, 0) is 13.8 Å². The summed E-state index contributed by atoms with van der Waals surface area (Å²) in [4.78, 5) is 11.1. The summed E-state index contributed by atoms with van der Waals surface area (Å²) < 4.78 is 21.6. The maximum absolute atomic E-state index is 11.1. The summed E-state index contributed by atoms with van der Waals surface area (Å²) >= 11 is 0. The first kappa shape index (κ1) is 13.7. The van der Waals surface area contributed by atoms with Crippen LogP contribution in [0.1, 0.15) is 20.8 Å². The van der Waals surface area contributed by atoms with Crippen LogP contribution in [0.15, 0.2) is 0 Å². The zero-order valence-electron chi connectivity index (χ0n) is 10.5. The van der Waals surface area contributed by atoms with Crippen molar-refractivity contribution in [2.24, 2.45) is 0 Å². The van der Waals surface area contributed by atoms with Crippen LogP contribution in [0.25, 0.3) is 0 Å². The van der Waals surface area contributed by atoms with Crippen molar-refractivity contribution >= 4 is 5.97 Å². The van der Waals surface area contributed by atoms with Gasteiger partial charge in [0, 0.05) is 6.92 Å². The zero-order valence-corrected chi connectivity index (χ0v) is 10.5. The Balaban J connectivity index is 2.14. The Morgan fingerprint density at radius 3 is 2.67 bits per heavy atom. The second-order valence-corrected chi connectivity index (χ2v) is 4.89. The van der Waals surface area contributed by atoms with Crippen molar-refractivity contribution in [2.75, 3.05) is 6.61 Å². The maximum Gasteiger partial charge on any atom is 0.303 e. The SMILES string of the molecule is CC(=O)O[C@@H]1[C@H]2OC(C)(C)O[C@@H]2O[C@@H]1[C@H](O)CO. The molecular weight excluding hydrogens is 244 g/mol. The van der Waals surface area contributed by atoms with Crippen LogP contribution in [-0.4, -0.2) is 59.3 Å². The van der Waals surface area contributed by atoms with Gasteiger partial charge in [-0.3, -0.25) is 4.79 Å². The third-order valence-corrected chi connectivity index (χ3v) is 2.90. The highest BCUT2D eigenvalue weighted by molar-refractivity contribution is 5.66. The molecule has 5 atom stereocenters. The summed E-state index contributed by atoms with van der Waals surface area (Å²) in [6.07, 6.45) is -4.12. The lowest BCUT2D eigenvalue weighted by atomic mass is 10.1. The van der Waals surface area contributed by atoms with Gasteiger partial charge in [0.25, 0.3) is 0 Å². The number of carbonyl (C=O) groups is 1. The highest BCUT2D eigenvalue weighted by Crippen LogP contribution is 2.39. The quantitative estimate of drug-likeness (QED) is 0.639. The van der Waals surface area contributed by atoms with Gasteiger partial charge in [-0.2, -0.15) is 0 Å². The van der Waals surface area contributed by atoms with E-state index in [2.05, 4.69) is 0 Å². The molecule has 0 bridgehead atoms. The molecule has 2 aliphatic heterocycles. The molecule has 0 unspecified atom stereocenters. The van der Waals surface area contributed by atoms with E-state index in [-0.39, 0.29) is 0 Å². The van der Waals surface area contributed by atoms with Crippen molar-refractivity contribution in [1.29, 1.82) is 0 Å². The van der Waals surface area contributed by atoms with Gasteiger partial charge in [0.1, 0.15) is 12.2 Å². The molecule has 2 fully saturated rings. The first-order valence-corrected chi connectivity index (χ1v) is 5.81. The van der Waals surface area contributed by atoms with Crippen LogP contribution in [0.3, 0.4) is 0 Å². The monoisotopic (exact) mass is 262 g/mol. The minimum atomic E-state index is -1.16. The van der Waals surface area contributed by atoms with Crippen molar-refractivity contribution in [1.82, 2.24) is 0 Å². The average molecular weight is 262 g/mol. The van der Waals surface area contributed by atoms with Crippen molar-refractivity contribution in [2.45, 2.75) is 57.3 Å². The molecule has 7 heteroatoms. The van der Waals surface area contributed by atoms with E-state index in [4.69, 9.17) is 24.1 Å². The molecule has 2 aliphatic rings. The minimum Gasteiger partial charge on any atom is -0.457 e. The molecule has 2 N–H and O–H groups in total. The molecule has 0 radical (unpaired) electrons. The summed E-state index contributed by atoms with van der Waals surface area (Å²) in [5.41, 5.74) is 0. The van der Waals surface area contributed by atoms with Crippen molar-refractivity contribution in [3.8, 4) is 0 Å². The second kappa shape index (κ2) is 4.75. The zero-order chi connectivity index (χ0) is 13.5. The van der Waals surface area contributed by atoms with E-state index in [1.807, 2.05) is 0 Å². The molecule has 0 aromatic rings. The lowest BCUT2D eigenvalue weighted by Gasteiger charge is -2.27. The van der Waals surface area contributed by atoms with Gasteiger partial charge in [0.2, 0.25) is 0 Å². The summed E-state index contributed by atoms with van der Waals surface area (Å²) in [6.45, 7) is 4.20. The molecule has 0 aliphatic carbocycles. The molecule has 18 heavy (non-hydrogen) atoms. The Kier molecular flexibility index (Phi) is 3.61. The highest BCUT2D eigenvalue weighted by atomic mass is 16.8. The van der Waals surface area contributed by atoms with E-state index in [0.717, 1.165) is 0 Å². The topological polar surface area (TPSA) is 94.5 Å². The standard InChI is InChI=1S/C11H18O7/c1-5(13)15-8-7(6(14)4-12)16-10-9(8)17-11(2,3)18-10/h6-10,12,14H,4H2,1-3H3/t6-,7-,8+,9-,10+/m1/s1. The average Bonchev–Trinajstić information content (AvgIpc) is 2.71. The van der Waals surface area contributed by atoms with E-state index >= 15 is 0 Å². The predicted octanol–water partition coefficient (Wildman–Crippen LogP) is -0.852. The van der Waals surface area contributed by atoms with Gasteiger partial charge in [0.15, 0.2) is 24.3 Å². The van der Waals surface area contributed by atoms with Crippen molar-refractivity contribution in [3.63, 3.8) is 0 Å². The molecule has 7 nitrogen and oxygen atoms in total. The molecule has 0 saturated carbocycles. The van der Waals surface area contributed by atoms with E-state index in [1.54, 1.807) is 13.8 Å². The van der Waals surface area contributed by atoms with Gasteiger partial charge < -0.3 is 29.2 Å². The van der Waals surface area contributed by atoms with E-state index in [0.29, 0.717) is 0 Å². The van der Waals surface area contributed by atoms with Gasteiger partial charge in [0.05, 0.1) is 6.61 Å². The number of fused-ring (bicyclic) bond motifs is 1. The Labute approximate surface area is 105 Å². The van der Waals surface area contributed by atoms with Crippen molar-refractivity contribution in [3.05, 3.63) is 0 Å². The Morgan fingerprint density at radius 1 is 1.44 bits per heavy atom. The lowest BCUT2D eigenvalue weighted by Crippen LogP contribution is -2.44. The molecule has 0 spiro atoms. The second-order valence-electron chi connectivity index (χ2n) is 4.89. The van der Waals surface area contributed by atoms with Crippen molar-refractivity contribution < 1.29 is 34.0 Å². The molecule has 0 aromatic carbocycles. The number of aliphatic hydroxyl groups is 2. The number of esters is 1. The van der Waals surface area contributed by atoms with Crippen LogP contribution in [0.5, 0.6) is 0 Å². The van der Waals surface area contributed by atoms with E-state index in [9.17, 15) is 9.90 Å². The fraction of sp³-hybridized carbons (Fsp3) is 0.909. The first-order chi connectivity index (χ1) is 8.34.